The quantitative estimate of drug-likeness (QED) is 0.703. The average molecular weight is 370 g/mol. The topological polar surface area (TPSA) is 24.8 Å². The summed E-state index contributed by atoms with van der Waals surface area (Å²) in [6.07, 6.45) is 0.905. The first kappa shape index (κ1) is 17.5. The van der Waals surface area contributed by atoms with Crippen molar-refractivity contribution < 1.29 is 17.1 Å². The highest BCUT2D eigenvalue weighted by Gasteiger charge is 2.30. The fraction of sp³-hybridized carbons (Fsp3) is 0.150. The van der Waals surface area contributed by atoms with E-state index >= 15 is 0 Å². The van der Waals surface area contributed by atoms with E-state index in [1.54, 1.807) is 18.4 Å². The molecule has 5 heteroatoms. The molecule has 1 unspecified atom stereocenters. The monoisotopic (exact) mass is 369 g/mol. The van der Waals surface area contributed by atoms with E-state index in [1.165, 1.54) is 10.4 Å². The fourth-order valence-electron chi connectivity index (χ4n) is 3.01. The summed E-state index contributed by atoms with van der Waals surface area (Å²) in [6.45, 7) is 0. The van der Waals surface area contributed by atoms with Gasteiger partial charge in [0, 0.05) is 6.42 Å². The standard InChI is InChI=1S/C20H18N2OS.ClH/c1-23-17-11-9-15(10-12-17)19-14-18(20-8-5-13-24-20)21-22(19)16-6-3-2-4-7-16;/h2-13,19H,14H2,1H3;1H/p-1. The Morgan fingerprint density at radius 3 is 2.40 bits per heavy atom. The molecule has 1 aliphatic rings. The molecule has 3 nitrogen and oxygen atoms in total. The number of hydrogen-bond acceptors (Lipinski definition) is 4. The van der Waals surface area contributed by atoms with Crippen molar-refractivity contribution in [3.05, 3.63) is 82.6 Å². The van der Waals surface area contributed by atoms with E-state index in [0.717, 1.165) is 23.6 Å². The van der Waals surface area contributed by atoms with Gasteiger partial charge >= 0.3 is 0 Å². The molecule has 1 aliphatic heterocycles. The molecule has 3 aromatic rings. The maximum atomic E-state index is 5.28. The molecule has 0 saturated heterocycles. The summed E-state index contributed by atoms with van der Waals surface area (Å²) >= 11 is 1.74. The molecule has 0 N–H and O–H groups in total. The lowest BCUT2D eigenvalue weighted by Crippen LogP contribution is -3.00. The van der Waals surface area contributed by atoms with Crippen LogP contribution in [-0.2, 0) is 0 Å². The number of ether oxygens (including phenoxy) is 1. The average Bonchev–Trinajstić information content (AvgIpc) is 3.32. The summed E-state index contributed by atoms with van der Waals surface area (Å²) in [5.41, 5.74) is 3.51. The van der Waals surface area contributed by atoms with Crippen molar-refractivity contribution >= 4 is 22.7 Å². The first-order chi connectivity index (χ1) is 11.8. The Balaban J connectivity index is 0.00000182. The second-order valence-corrected chi connectivity index (χ2v) is 6.64. The molecule has 0 spiro atoms. The number of anilines is 1. The maximum absolute atomic E-state index is 5.28. The van der Waals surface area contributed by atoms with Crippen LogP contribution in [0.25, 0.3) is 0 Å². The van der Waals surface area contributed by atoms with E-state index in [1.807, 2.05) is 18.2 Å². The third-order valence-corrected chi connectivity index (χ3v) is 5.16. The van der Waals surface area contributed by atoms with Crippen molar-refractivity contribution in [2.45, 2.75) is 12.5 Å². The second kappa shape index (κ2) is 7.72. The Labute approximate surface area is 158 Å². The molecule has 128 valence electrons. The van der Waals surface area contributed by atoms with Gasteiger partial charge in [-0.2, -0.15) is 5.10 Å². The van der Waals surface area contributed by atoms with Crippen LogP contribution in [0.4, 0.5) is 5.69 Å². The van der Waals surface area contributed by atoms with Crippen molar-refractivity contribution in [2.75, 3.05) is 12.1 Å². The van der Waals surface area contributed by atoms with Gasteiger partial charge in [0.2, 0.25) is 0 Å². The van der Waals surface area contributed by atoms with Crippen LogP contribution in [0, 0.1) is 0 Å². The van der Waals surface area contributed by atoms with Gasteiger partial charge in [-0.3, -0.25) is 5.01 Å². The number of methoxy groups -OCH3 is 1. The van der Waals surface area contributed by atoms with E-state index in [9.17, 15) is 0 Å². The van der Waals surface area contributed by atoms with E-state index in [0.29, 0.717) is 0 Å². The molecular formula is C20H18ClN2OS-. The van der Waals surface area contributed by atoms with Crippen LogP contribution in [0.5, 0.6) is 5.75 Å². The van der Waals surface area contributed by atoms with E-state index in [-0.39, 0.29) is 18.4 Å². The largest absolute Gasteiger partial charge is 1.00 e. The Hall–Kier alpha value is -2.30. The Bertz CT molecular complexity index is 832. The van der Waals surface area contributed by atoms with Crippen LogP contribution in [0.15, 0.2) is 77.2 Å². The summed E-state index contributed by atoms with van der Waals surface area (Å²) in [6, 6.07) is 23.1. The van der Waals surface area contributed by atoms with E-state index in [2.05, 4.69) is 58.9 Å². The number of thiophene rings is 1. The predicted molar refractivity (Wildman–Crippen MR) is 100 cm³/mol. The maximum Gasteiger partial charge on any atom is 0.118 e. The lowest BCUT2D eigenvalue weighted by Gasteiger charge is -2.24. The summed E-state index contributed by atoms with van der Waals surface area (Å²) in [4.78, 5) is 1.24. The summed E-state index contributed by atoms with van der Waals surface area (Å²) < 4.78 is 5.28. The highest BCUT2D eigenvalue weighted by Crippen LogP contribution is 2.37. The molecule has 2 aromatic carbocycles. The number of hydrazone groups is 1. The predicted octanol–water partition coefficient (Wildman–Crippen LogP) is 2.12. The summed E-state index contributed by atoms with van der Waals surface area (Å²) in [5, 5.41) is 9.17. The van der Waals surface area contributed by atoms with Gasteiger partial charge in [0.1, 0.15) is 5.75 Å². The van der Waals surface area contributed by atoms with Gasteiger partial charge in [0.15, 0.2) is 0 Å². The zero-order valence-corrected chi connectivity index (χ0v) is 15.4. The van der Waals surface area contributed by atoms with Gasteiger partial charge in [-0.15, -0.1) is 11.3 Å². The zero-order valence-electron chi connectivity index (χ0n) is 13.8. The minimum absolute atomic E-state index is 0. The van der Waals surface area contributed by atoms with Gasteiger partial charge < -0.3 is 17.1 Å². The Morgan fingerprint density at radius 2 is 1.76 bits per heavy atom. The lowest BCUT2D eigenvalue weighted by atomic mass is 10.0. The molecule has 2 heterocycles. The van der Waals surface area contributed by atoms with Gasteiger partial charge in [-0.25, -0.2) is 0 Å². The molecule has 0 amide bonds. The van der Waals surface area contributed by atoms with E-state index in [4.69, 9.17) is 9.84 Å². The Morgan fingerprint density at radius 1 is 1.00 bits per heavy atom. The molecule has 0 bridgehead atoms. The van der Waals surface area contributed by atoms with Gasteiger partial charge in [-0.05, 0) is 41.3 Å². The number of para-hydroxylation sites is 1. The molecule has 0 fully saturated rings. The number of rotatable bonds is 4. The molecule has 0 radical (unpaired) electrons. The molecule has 0 saturated carbocycles. The minimum Gasteiger partial charge on any atom is -1.00 e. The van der Waals surface area contributed by atoms with Gasteiger partial charge in [-0.1, -0.05) is 36.4 Å². The minimum atomic E-state index is 0. The van der Waals surface area contributed by atoms with Gasteiger partial charge in [0.05, 0.1) is 29.4 Å². The molecule has 1 atom stereocenters. The van der Waals surface area contributed by atoms with Gasteiger partial charge in [0.25, 0.3) is 0 Å². The van der Waals surface area contributed by atoms with E-state index < -0.39 is 0 Å². The first-order valence-corrected chi connectivity index (χ1v) is 8.83. The Kier molecular flexibility index (Phi) is 5.41. The highest BCUT2D eigenvalue weighted by atomic mass is 35.5. The second-order valence-electron chi connectivity index (χ2n) is 5.70. The van der Waals surface area contributed by atoms with Crippen LogP contribution in [0.3, 0.4) is 0 Å². The van der Waals surface area contributed by atoms with Crippen LogP contribution in [-0.4, -0.2) is 12.8 Å². The first-order valence-electron chi connectivity index (χ1n) is 7.95. The SMILES string of the molecule is COc1ccc(C2CC(c3cccs3)=NN2c2ccccc2)cc1.[Cl-]. The lowest BCUT2D eigenvalue weighted by molar-refractivity contribution is -0.00000498. The normalized spacial score (nSPS) is 16.3. The van der Waals surface area contributed by atoms with Crippen LogP contribution in [0.2, 0.25) is 0 Å². The fourth-order valence-corrected chi connectivity index (χ4v) is 3.73. The molecule has 0 aliphatic carbocycles. The molecule has 4 rings (SSSR count). The van der Waals surface area contributed by atoms with Crippen LogP contribution in [0.1, 0.15) is 22.9 Å². The third-order valence-electron chi connectivity index (χ3n) is 4.24. The van der Waals surface area contributed by atoms with Crippen molar-refractivity contribution in [2.24, 2.45) is 5.10 Å². The highest BCUT2D eigenvalue weighted by molar-refractivity contribution is 7.12. The zero-order chi connectivity index (χ0) is 16.4. The summed E-state index contributed by atoms with van der Waals surface area (Å²) in [5.74, 6) is 0.877. The van der Waals surface area contributed by atoms with Crippen molar-refractivity contribution in [3.63, 3.8) is 0 Å². The third kappa shape index (κ3) is 3.55. The molecular weight excluding hydrogens is 352 g/mol. The number of nitrogens with zero attached hydrogens (tertiary/aromatic N) is 2. The van der Waals surface area contributed by atoms with Crippen molar-refractivity contribution in [3.8, 4) is 5.75 Å². The molecule has 25 heavy (non-hydrogen) atoms. The van der Waals surface area contributed by atoms with Crippen molar-refractivity contribution in [1.29, 1.82) is 0 Å². The summed E-state index contributed by atoms with van der Waals surface area (Å²) in [7, 11) is 1.69. The molecule has 1 aromatic heterocycles. The number of halogens is 1. The number of hydrogen-bond donors (Lipinski definition) is 0. The smallest absolute Gasteiger partial charge is 0.118 e. The number of benzene rings is 2. The van der Waals surface area contributed by atoms with Crippen LogP contribution < -0.4 is 22.2 Å². The van der Waals surface area contributed by atoms with Crippen molar-refractivity contribution in [1.82, 2.24) is 0 Å². The van der Waals surface area contributed by atoms with Crippen LogP contribution >= 0.6 is 11.3 Å².